The molecule has 4 aliphatic rings. The lowest BCUT2D eigenvalue weighted by atomic mass is 9.98. The number of benzene rings is 2. The molecule has 4 saturated heterocycles. The molecular formula is C42H54F2N7O12P. The smallest absolute Gasteiger partial charge is 0.458 e. The van der Waals surface area contributed by atoms with E-state index in [0.29, 0.717) is 24.6 Å². The summed E-state index contributed by atoms with van der Waals surface area (Å²) in [6.45, 7) is 7.78. The van der Waals surface area contributed by atoms with E-state index in [0.717, 1.165) is 28.2 Å². The van der Waals surface area contributed by atoms with Crippen LogP contribution in [0.1, 0.15) is 69.6 Å². The average Bonchev–Trinajstić information content (AvgIpc) is 3.82. The number of nitrogens with one attached hydrogen (secondary N) is 4. The van der Waals surface area contributed by atoms with Crippen LogP contribution in [0.2, 0.25) is 0 Å². The Morgan fingerprint density at radius 3 is 2.23 bits per heavy atom. The van der Waals surface area contributed by atoms with Crippen molar-refractivity contribution in [3.05, 3.63) is 64.7 Å². The lowest BCUT2D eigenvalue weighted by molar-refractivity contribution is -0.163. The molecule has 0 unspecified atom stereocenters. The highest BCUT2D eigenvalue weighted by Crippen LogP contribution is 2.41. The maximum atomic E-state index is 15.0. The minimum Gasteiger partial charge on any atom is -0.458 e. The van der Waals surface area contributed by atoms with Gasteiger partial charge >= 0.3 is 19.8 Å². The summed E-state index contributed by atoms with van der Waals surface area (Å²) in [4.78, 5) is 122. The first-order valence-electron chi connectivity index (χ1n) is 21.1. The number of rotatable bonds is 8. The fourth-order valence-corrected chi connectivity index (χ4v) is 9.34. The average molecular weight is 918 g/mol. The fourth-order valence-electron chi connectivity index (χ4n) is 8.80. The molecule has 64 heavy (non-hydrogen) atoms. The normalized spacial score (nSPS) is 27.5. The Morgan fingerprint density at radius 1 is 0.875 bits per heavy atom. The Bertz CT molecular complexity index is 2210. The standard InChI is InChI=1S/C42H54F2N7O12P/c1-21-12-34-41(57)62-25(5)35(48-36(52)31(16-26-14-27(43)17-28(44)15-26)47-42(58)46-29-10-9-22(2)23(3)13-29)40(56)51-20-30(63-64(59,60)61)18-33(51)39(55)49-11-7-6-8-32(49)37(53)45-24(4)38(54)50(34)19-21/h9-10,13-15,17,21,24-25,30-35H,6-8,11-12,16,18-20H2,1-5H3,(H,45,53)(H,48,52)(H2,46,47,58)(H2,59,60,61)/t21-,24+,25+,30-,31+,32+,33+,34+,35+/m1/s1. The number of halogens is 2. The van der Waals surface area contributed by atoms with E-state index in [2.05, 4.69) is 21.3 Å². The predicted molar refractivity (Wildman–Crippen MR) is 223 cm³/mol. The number of fused-ring (bicyclic) bond motifs is 3. The van der Waals surface area contributed by atoms with Crippen LogP contribution in [0.5, 0.6) is 0 Å². The van der Waals surface area contributed by atoms with Gasteiger partial charge in [0.15, 0.2) is 0 Å². The van der Waals surface area contributed by atoms with Crippen LogP contribution in [-0.4, -0.2) is 134 Å². The van der Waals surface area contributed by atoms with Crippen molar-refractivity contribution in [3.63, 3.8) is 0 Å². The first-order chi connectivity index (χ1) is 30.1. The van der Waals surface area contributed by atoms with Crippen LogP contribution in [0.25, 0.3) is 0 Å². The van der Waals surface area contributed by atoms with E-state index in [9.17, 15) is 56.7 Å². The molecule has 6 N–H and O–H groups in total. The van der Waals surface area contributed by atoms with Crippen LogP contribution in [0.3, 0.4) is 0 Å². The Balaban J connectivity index is 1.39. The van der Waals surface area contributed by atoms with Gasteiger partial charge in [0.2, 0.25) is 29.5 Å². The van der Waals surface area contributed by atoms with Crippen molar-refractivity contribution >= 4 is 55.0 Å². The molecule has 7 amide bonds. The highest BCUT2D eigenvalue weighted by Gasteiger charge is 2.50. The molecule has 0 bridgehead atoms. The zero-order chi connectivity index (χ0) is 46.8. The number of phosphoric ester groups is 1. The van der Waals surface area contributed by atoms with Crippen molar-refractivity contribution in [1.29, 1.82) is 0 Å². The Hall–Kier alpha value is -5.50. The lowest BCUT2D eigenvalue weighted by Crippen LogP contribution is -2.63. The van der Waals surface area contributed by atoms with E-state index < -0.39 is 129 Å². The summed E-state index contributed by atoms with van der Waals surface area (Å²) >= 11 is 0. The first kappa shape index (κ1) is 48.0. The summed E-state index contributed by atoms with van der Waals surface area (Å²) in [6.07, 6.45) is -2.65. The third-order valence-electron chi connectivity index (χ3n) is 12.1. The molecule has 9 atom stereocenters. The van der Waals surface area contributed by atoms with Crippen molar-refractivity contribution in [2.75, 3.05) is 25.0 Å². The summed E-state index contributed by atoms with van der Waals surface area (Å²) in [5.74, 6) is -7.34. The second-order valence-electron chi connectivity index (χ2n) is 17.1. The number of hydrogen-bond acceptors (Lipinski definition) is 10. The van der Waals surface area contributed by atoms with Crippen LogP contribution < -0.4 is 21.3 Å². The molecule has 0 radical (unpaired) electrons. The number of anilines is 1. The van der Waals surface area contributed by atoms with Gasteiger partial charge in [-0.05, 0) is 100 Å². The zero-order valence-corrected chi connectivity index (χ0v) is 36.9. The van der Waals surface area contributed by atoms with Crippen LogP contribution in [0.4, 0.5) is 19.3 Å². The van der Waals surface area contributed by atoms with Crippen LogP contribution >= 0.6 is 7.82 Å². The summed E-state index contributed by atoms with van der Waals surface area (Å²) in [5.41, 5.74) is 2.05. The van der Waals surface area contributed by atoms with Gasteiger partial charge in [0.05, 0.1) is 6.10 Å². The van der Waals surface area contributed by atoms with Crippen molar-refractivity contribution in [1.82, 2.24) is 30.7 Å². The minimum absolute atomic E-state index is 0.0555. The first-order valence-corrected chi connectivity index (χ1v) is 22.7. The monoisotopic (exact) mass is 917 g/mol. The molecule has 22 heteroatoms. The molecule has 0 aliphatic carbocycles. The number of hydrogen-bond donors (Lipinski definition) is 6. The summed E-state index contributed by atoms with van der Waals surface area (Å²) in [7, 11) is -5.21. The molecule has 0 saturated carbocycles. The maximum Gasteiger partial charge on any atom is 0.469 e. The number of piperidine rings is 1. The van der Waals surface area contributed by atoms with Gasteiger partial charge in [0.1, 0.15) is 54.0 Å². The number of carbonyl (C=O) groups excluding carboxylic acids is 7. The van der Waals surface area contributed by atoms with Crippen molar-refractivity contribution in [2.24, 2.45) is 5.92 Å². The largest absolute Gasteiger partial charge is 0.469 e. The lowest BCUT2D eigenvalue weighted by Gasteiger charge is -2.39. The van der Waals surface area contributed by atoms with Gasteiger partial charge in [0.25, 0.3) is 0 Å². The van der Waals surface area contributed by atoms with Crippen molar-refractivity contribution in [3.8, 4) is 0 Å². The number of cyclic esters (lactones) is 1. The fraction of sp³-hybridized carbons (Fsp3) is 0.548. The molecule has 4 aliphatic heterocycles. The van der Waals surface area contributed by atoms with E-state index in [1.165, 1.54) is 23.6 Å². The Labute approximate surface area is 368 Å². The third kappa shape index (κ3) is 11.4. The van der Waals surface area contributed by atoms with E-state index in [-0.39, 0.29) is 37.4 Å². The van der Waals surface area contributed by atoms with Crippen molar-refractivity contribution < 1.29 is 66.0 Å². The van der Waals surface area contributed by atoms with Crippen molar-refractivity contribution in [2.45, 2.75) is 122 Å². The number of esters is 1. The van der Waals surface area contributed by atoms with E-state index in [1.54, 1.807) is 25.1 Å². The molecule has 6 rings (SSSR count). The van der Waals surface area contributed by atoms with Gasteiger partial charge in [-0.2, -0.15) is 0 Å². The SMILES string of the molecule is Cc1ccc(NC(=O)N[C@@H](Cc2cc(F)cc(F)c2)C(=O)N[C@@H]2C(=O)N3C[C@H](OP(=O)(O)O)C[C@H]3C(=O)N3CCCC[C@H]3C(=O)N[C@@H](C)C(=O)N3C[C@H](C)C[C@H]3C(=O)O[C@H]2C)cc1C. The molecule has 0 spiro atoms. The van der Waals surface area contributed by atoms with E-state index in [1.807, 2.05) is 13.8 Å². The van der Waals surface area contributed by atoms with Crippen LogP contribution in [0, 0.1) is 31.4 Å². The quantitative estimate of drug-likeness (QED) is 0.164. The second kappa shape index (κ2) is 19.7. The predicted octanol–water partition coefficient (Wildman–Crippen LogP) is 1.95. The summed E-state index contributed by atoms with van der Waals surface area (Å²) in [5, 5.41) is 10.3. The molecule has 4 fully saturated rings. The van der Waals surface area contributed by atoms with Crippen LogP contribution in [-0.2, 0) is 49.0 Å². The highest BCUT2D eigenvalue weighted by molar-refractivity contribution is 7.46. The van der Waals surface area contributed by atoms with Crippen LogP contribution in [0.15, 0.2) is 36.4 Å². The molecule has 348 valence electrons. The topological polar surface area (TPSA) is 253 Å². The summed E-state index contributed by atoms with van der Waals surface area (Å²) in [6, 6.07) is -1.88. The van der Waals surface area contributed by atoms with Gasteiger partial charge in [-0.3, -0.25) is 28.5 Å². The molecule has 2 aromatic rings. The number of carbonyl (C=O) groups is 7. The van der Waals surface area contributed by atoms with E-state index in [4.69, 9.17) is 9.26 Å². The number of urea groups is 1. The third-order valence-corrected chi connectivity index (χ3v) is 12.7. The minimum atomic E-state index is -5.21. The zero-order valence-electron chi connectivity index (χ0n) is 36.0. The second-order valence-corrected chi connectivity index (χ2v) is 18.3. The maximum absolute atomic E-state index is 15.0. The van der Waals surface area contributed by atoms with Gasteiger partial charge < -0.3 is 50.5 Å². The number of aryl methyl sites for hydroxylation is 2. The molecule has 2 aromatic carbocycles. The number of ether oxygens (including phenoxy) is 1. The number of nitrogens with zero attached hydrogens (tertiary/aromatic N) is 3. The molecule has 19 nitrogen and oxygen atoms in total. The Morgan fingerprint density at radius 2 is 1.56 bits per heavy atom. The highest BCUT2D eigenvalue weighted by atomic mass is 31.2. The summed E-state index contributed by atoms with van der Waals surface area (Å²) < 4.78 is 51.8. The number of amides is 7. The molecule has 4 heterocycles. The Kier molecular flexibility index (Phi) is 14.8. The van der Waals surface area contributed by atoms with Gasteiger partial charge in [0, 0.05) is 44.2 Å². The number of phosphoric acid groups is 1. The van der Waals surface area contributed by atoms with Gasteiger partial charge in [-0.25, -0.2) is 22.9 Å². The molecular weight excluding hydrogens is 863 g/mol. The van der Waals surface area contributed by atoms with E-state index >= 15 is 0 Å². The van der Waals surface area contributed by atoms with Gasteiger partial charge in [-0.15, -0.1) is 0 Å². The van der Waals surface area contributed by atoms with Gasteiger partial charge in [-0.1, -0.05) is 13.0 Å². The molecule has 0 aromatic heterocycles.